The van der Waals surface area contributed by atoms with Crippen LogP contribution in [0.3, 0.4) is 0 Å². The Morgan fingerprint density at radius 3 is 2.67 bits per heavy atom. The van der Waals surface area contributed by atoms with Crippen molar-refractivity contribution in [3.05, 3.63) is 57.5 Å². The van der Waals surface area contributed by atoms with Crippen LogP contribution < -0.4 is 0 Å². The van der Waals surface area contributed by atoms with Gasteiger partial charge in [-0.3, -0.25) is 0 Å². The smallest absolute Gasteiger partial charge is 0.126 e. The van der Waals surface area contributed by atoms with Crippen LogP contribution in [0.15, 0.2) is 35.0 Å². The van der Waals surface area contributed by atoms with Crippen LogP contribution in [0.1, 0.15) is 22.8 Å². The average molecular weight is 222 g/mol. The van der Waals surface area contributed by atoms with E-state index in [1.807, 2.05) is 16.8 Å². The molecule has 0 unspecified atom stereocenters. The van der Waals surface area contributed by atoms with Gasteiger partial charge >= 0.3 is 0 Å². The van der Waals surface area contributed by atoms with E-state index < -0.39 is 6.10 Å². The molecule has 3 heteroatoms. The molecule has 1 nitrogen and oxygen atoms in total. The quantitative estimate of drug-likeness (QED) is 0.826. The minimum absolute atomic E-state index is 0.240. The summed E-state index contributed by atoms with van der Waals surface area (Å²) in [5.41, 5.74) is 2.14. The van der Waals surface area contributed by atoms with Crippen molar-refractivity contribution >= 4 is 11.3 Å². The molecule has 0 aliphatic carbocycles. The van der Waals surface area contributed by atoms with Crippen molar-refractivity contribution in [1.29, 1.82) is 0 Å². The molecule has 2 aromatic rings. The van der Waals surface area contributed by atoms with E-state index in [4.69, 9.17) is 0 Å². The maximum Gasteiger partial charge on any atom is 0.126 e. The van der Waals surface area contributed by atoms with Crippen LogP contribution in [-0.4, -0.2) is 5.11 Å². The monoisotopic (exact) mass is 222 g/mol. The number of thiophene rings is 1. The zero-order chi connectivity index (χ0) is 10.8. The maximum atomic E-state index is 13.0. The van der Waals surface area contributed by atoms with Crippen LogP contribution in [0.5, 0.6) is 0 Å². The summed E-state index contributed by atoms with van der Waals surface area (Å²) in [4.78, 5) is 0. The van der Waals surface area contributed by atoms with Crippen LogP contribution in [-0.2, 0) is 0 Å². The second-order valence-electron chi connectivity index (χ2n) is 3.47. The van der Waals surface area contributed by atoms with E-state index in [0.29, 0.717) is 5.56 Å². The second-order valence-corrected chi connectivity index (χ2v) is 4.25. The molecule has 15 heavy (non-hydrogen) atoms. The lowest BCUT2D eigenvalue weighted by Gasteiger charge is -2.10. The molecule has 0 spiro atoms. The van der Waals surface area contributed by atoms with Gasteiger partial charge in [-0.25, -0.2) is 4.39 Å². The van der Waals surface area contributed by atoms with Gasteiger partial charge in [0, 0.05) is 0 Å². The van der Waals surface area contributed by atoms with Crippen LogP contribution in [0.4, 0.5) is 4.39 Å². The lowest BCUT2D eigenvalue weighted by molar-refractivity contribution is 0.220. The topological polar surface area (TPSA) is 20.2 Å². The fraction of sp³-hybridized carbons (Fsp3) is 0.167. The minimum atomic E-state index is -0.657. The molecular formula is C12H11FOS. The first kappa shape index (κ1) is 10.3. The molecular weight excluding hydrogens is 211 g/mol. The molecule has 0 amide bonds. The summed E-state index contributed by atoms with van der Waals surface area (Å²) >= 11 is 1.54. The number of hydrogen-bond acceptors (Lipinski definition) is 2. The minimum Gasteiger partial charge on any atom is -0.384 e. The number of rotatable bonds is 2. The average Bonchev–Trinajstić information content (AvgIpc) is 2.74. The van der Waals surface area contributed by atoms with Crippen molar-refractivity contribution in [2.75, 3.05) is 0 Å². The molecule has 0 bridgehead atoms. The summed E-state index contributed by atoms with van der Waals surface area (Å²) in [6.07, 6.45) is -0.657. The van der Waals surface area contributed by atoms with Gasteiger partial charge in [0.15, 0.2) is 0 Å². The number of aliphatic hydroxyl groups is 1. The number of hydrogen-bond donors (Lipinski definition) is 1. The number of aliphatic hydroxyl groups excluding tert-OH is 1. The highest BCUT2D eigenvalue weighted by molar-refractivity contribution is 7.07. The van der Waals surface area contributed by atoms with Crippen molar-refractivity contribution in [2.45, 2.75) is 13.0 Å². The first-order valence-corrected chi connectivity index (χ1v) is 5.59. The first-order valence-electron chi connectivity index (χ1n) is 4.64. The van der Waals surface area contributed by atoms with Gasteiger partial charge in [0.25, 0.3) is 0 Å². The van der Waals surface area contributed by atoms with Crippen LogP contribution >= 0.6 is 11.3 Å². The molecule has 2 rings (SSSR count). The zero-order valence-electron chi connectivity index (χ0n) is 8.27. The Bertz CT molecular complexity index is 451. The van der Waals surface area contributed by atoms with Crippen molar-refractivity contribution in [3.8, 4) is 0 Å². The lowest BCUT2D eigenvalue weighted by atomic mass is 10.0. The van der Waals surface area contributed by atoms with Crippen LogP contribution in [0, 0.1) is 12.7 Å². The fourth-order valence-electron chi connectivity index (χ4n) is 1.46. The Balaban J connectivity index is 2.34. The maximum absolute atomic E-state index is 13.0. The Morgan fingerprint density at radius 2 is 2.07 bits per heavy atom. The molecule has 1 N–H and O–H groups in total. The van der Waals surface area contributed by atoms with Gasteiger partial charge in [0.1, 0.15) is 11.9 Å². The molecule has 1 aromatic heterocycles. The third kappa shape index (κ3) is 2.08. The van der Waals surface area contributed by atoms with Gasteiger partial charge in [-0.05, 0) is 46.5 Å². The van der Waals surface area contributed by atoms with E-state index in [9.17, 15) is 9.50 Å². The van der Waals surface area contributed by atoms with E-state index in [0.717, 1.165) is 11.1 Å². The van der Waals surface area contributed by atoms with Gasteiger partial charge in [0.05, 0.1) is 0 Å². The largest absolute Gasteiger partial charge is 0.384 e. The van der Waals surface area contributed by atoms with Gasteiger partial charge in [-0.15, -0.1) is 0 Å². The Kier molecular flexibility index (Phi) is 2.84. The standard InChI is InChI=1S/C12H11FOS/c1-8-6-9(2-3-11(8)13)12(14)10-4-5-15-7-10/h2-7,12,14H,1H3/t12-/m0/s1. The molecule has 0 saturated carbocycles. The summed E-state index contributed by atoms with van der Waals surface area (Å²) in [5, 5.41) is 13.8. The normalized spacial score (nSPS) is 12.7. The van der Waals surface area contributed by atoms with Gasteiger partial charge < -0.3 is 5.11 Å². The Labute approximate surface area is 91.8 Å². The third-order valence-electron chi connectivity index (χ3n) is 2.36. The van der Waals surface area contributed by atoms with Gasteiger partial charge in [-0.1, -0.05) is 12.1 Å². The number of benzene rings is 1. The van der Waals surface area contributed by atoms with Crippen molar-refractivity contribution in [3.63, 3.8) is 0 Å². The molecule has 0 radical (unpaired) electrons. The highest BCUT2D eigenvalue weighted by Gasteiger charge is 2.11. The predicted octanol–water partition coefficient (Wildman–Crippen LogP) is 3.28. The van der Waals surface area contributed by atoms with Crippen molar-refractivity contribution in [2.24, 2.45) is 0 Å². The molecule has 0 fully saturated rings. The molecule has 1 heterocycles. The Morgan fingerprint density at radius 1 is 1.27 bits per heavy atom. The summed E-state index contributed by atoms with van der Waals surface area (Å²) < 4.78 is 13.0. The number of halogens is 1. The van der Waals surface area contributed by atoms with Crippen molar-refractivity contribution < 1.29 is 9.50 Å². The highest BCUT2D eigenvalue weighted by atomic mass is 32.1. The molecule has 0 aliphatic rings. The summed E-state index contributed by atoms with van der Waals surface area (Å²) in [6.45, 7) is 1.69. The van der Waals surface area contributed by atoms with Crippen LogP contribution in [0.25, 0.3) is 0 Å². The predicted molar refractivity (Wildman–Crippen MR) is 59.5 cm³/mol. The summed E-state index contributed by atoms with van der Waals surface area (Å²) in [7, 11) is 0. The summed E-state index contributed by atoms with van der Waals surface area (Å²) in [5.74, 6) is -0.240. The van der Waals surface area contributed by atoms with E-state index >= 15 is 0 Å². The zero-order valence-corrected chi connectivity index (χ0v) is 9.09. The summed E-state index contributed by atoms with van der Waals surface area (Å²) in [6, 6.07) is 6.55. The van der Waals surface area contributed by atoms with Gasteiger partial charge in [0.2, 0.25) is 0 Å². The van der Waals surface area contributed by atoms with E-state index in [-0.39, 0.29) is 5.82 Å². The van der Waals surface area contributed by atoms with E-state index in [2.05, 4.69) is 0 Å². The molecule has 1 aromatic carbocycles. The Hall–Kier alpha value is -1.19. The molecule has 1 atom stereocenters. The second kappa shape index (κ2) is 4.13. The van der Waals surface area contributed by atoms with Gasteiger partial charge in [-0.2, -0.15) is 11.3 Å². The first-order chi connectivity index (χ1) is 7.18. The van der Waals surface area contributed by atoms with E-state index in [1.54, 1.807) is 19.1 Å². The third-order valence-corrected chi connectivity index (χ3v) is 3.06. The number of aryl methyl sites for hydroxylation is 1. The lowest BCUT2D eigenvalue weighted by Crippen LogP contribution is -1.99. The van der Waals surface area contributed by atoms with E-state index in [1.165, 1.54) is 17.4 Å². The molecule has 0 aliphatic heterocycles. The molecule has 0 saturated heterocycles. The highest BCUT2D eigenvalue weighted by Crippen LogP contribution is 2.24. The van der Waals surface area contributed by atoms with Crippen LogP contribution in [0.2, 0.25) is 0 Å². The SMILES string of the molecule is Cc1cc([C@H](O)c2ccsc2)ccc1F. The molecule has 78 valence electrons. The fourth-order valence-corrected chi connectivity index (χ4v) is 2.14. The van der Waals surface area contributed by atoms with Crippen molar-refractivity contribution in [1.82, 2.24) is 0 Å².